The molecule has 3 aromatic rings. The van der Waals surface area contributed by atoms with Crippen LogP contribution in [-0.4, -0.2) is 23.2 Å². The summed E-state index contributed by atoms with van der Waals surface area (Å²) in [6, 6.07) is 6.32. The van der Waals surface area contributed by atoms with E-state index in [0.29, 0.717) is 11.8 Å². The molecule has 130 valence electrons. The monoisotopic (exact) mass is 366 g/mol. The van der Waals surface area contributed by atoms with Crippen LogP contribution < -0.4 is 10.3 Å². The fourth-order valence-electron chi connectivity index (χ4n) is 2.17. The normalized spacial score (nSPS) is 11.5. The van der Waals surface area contributed by atoms with Gasteiger partial charge in [-0.25, -0.2) is 26.9 Å². The van der Waals surface area contributed by atoms with Crippen LogP contribution in [0.25, 0.3) is 5.82 Å². The van der Waals surface area contributed by atoms with Gasteiger partial charge in [0.15, 0.2) is 5.82 Å². The Kier molecular flexibility index (Phi) is 4.13. The van der Waals surface area contributed by atoms with Crippen molar-refractivity contribution in [3.63, 3.8) is 0 Å². The molecule has 3 rings (SSSR count). The Morgan fingerprint density at radius 3 is 2.48 bits per heavy atom. The fourth-order valence-corrected chi connectivity index (χ4v) is 3.27. The maximum Gasteiger partial charge on any atom is 0.272 e. The molecular weight excluding hydrogens is 354 g/mol. The van der Waals surface area contributed by atoms with E-state index in [1.165, 1.54) is 29.1 Å². The molecule has 0 aliphatic rings. The van der Waals surface area contributed by atoms with Crippen LogP contribution in [0.1, 0.15) is 5.69 Å². The Balaban J connectivity index is 1.88. The summed E-state index contributed by atoms with van der Waals surface area (Å²) < 4.78 is 54.3. The van der Waals surface area contributed by atoms with Gasteiger partial charge < -0.3 is 0 Å². The zero-order valence-corrected chi connectivity index (χ0v) is 13.6. The van der Waals surface area contributed by atoms with Gasteiger partial charge in [0.05, 0.1) is 11.9 Å². The number of pyridine rings is 1. The van der Waals surface area contributed by atoms with E-state index in [4.69, 9.17) is 0 Å². The van der Waals surface area contributed by atoms with Crippen LogP contribution >= 0.6 is 0 Å². The first-order valence-electron chi connectivity index (χ1n) is 6.99. The molecule has 0 atom stereocenters. The van der Waals surface area contributed by atoms with E-state index in [1.807, 2.05) is 0 Å². The minimum atomic E-state index is -4.25. The van der Waals surface area contributed by atoms with Gasteiger partial charge in [0, 0.05) is 17.8 Å². The van der Waals surface area contributed by atoms with Gasteiger partial charge in [0.25, 0.3) is 15.6 Å². The summed E-state index contributed by atoms with van der Waals surface area (Å²) in [4.78, 5) is 15.0. The first-order valence-corrected chi connectivity index (χ1v) is 8.47. The van der Waals surface area contributed by atoms with Crippen LogP contribution in [0.5, 0.6) is 0 Å². The number of halogens is 2. The summed E-state index contributed by atoms with van der Waals surface area (Å²) in [7, 11) is -4.25. The molecule has 0 saturated heterocycles. The third kappa shape index (κ3) is 3.43. The van der Waals surface area contributed by atoms with Gasteiger partial charge in [-0.1, -0.05) is 0 Å². The second kappa shape index (κ2) is 6.13. The summed E-state index contributed by atoms with van der Waals surface area (Å²) in [5.41, 5.74) is 0.388. The first kappa shape index (κ1) is 16.8. The van der Waals surface area contributed by atoms with Gasteiger partial charge in [-0.2, -0.15) is 0 Å². The number of aromatic nitrogens is 3. The summed E-state index contributed by atoms with van der Waals surface area (Å²) in [6.45, 7) is 1.71. The molecular formula is C15H12F2N4O3S. The zero-order valence-electron chi connectivity index (χ0n) is 12.8. The van der Waals surface area contributed by atoms with Crippen LogP contribution in [0.15, 0.2) is 52.3 Å². The number of nitrogens with one attached hydrogen (secondary N) is 2. The number of H-pyrrole nitrogens is 1. The van der Waals surface area contributed by atoms with E-state index >= 15 is 0 Å². The van der Waals surface area contributed by atoms with Gasteiger partial charge in [0.1, 0.15) is 16.5 Å². The molecule has 0 radical (unpaired) electrons. The lowest BCUT2D eigenvalue weighted by Crippen LogP contribution is -2.17. The molecule has 2 heterocycles. The molecule has 0 unspecified atom stereocenters. The van der Waals surface area contributed by atoms with Crippen molar-refractivity contribution in [1.29, 1.82) is 0 Å². The van der Waals surface area contributed by atoms with E-state index in [-0.39, 0.29) is 17.1 Å². The number of anilines is 1. The minimum Gasteiger partial charge on any atom is -0.294 e. The summed E-state index contributed by atoms with van der Waals surface area (Å²) in [5, 5.41) is 2.78. The highest BCUT2D eigenvalue weighted by atomic mass is 32.2. The van der Waals surface area contributed by atoms with Crippen LogP contribution in [0.4, 0.5) is 14.5 Å². The molecule has 0 bridgehead atoms. The lowest BCUT2D eigenvalue weighted by molar-refractivity contribution is 0.551. The average molecular weight is 366 g/mol. The Bertz CT molecular complexity index is 1090. The molecule has 1 aromatic carbocycles. The van der Waals surface area contributed by atoms with E-state index in [9.17, 15) is 22.0 Å². The van der Waals surface area contributed by atoms with E-state index < -0.39 is 26.6 Å². The van der Waals surface area contributed by atoms with Crippen molar-refractivity contribution >= 4 is 15.7 Å². The number of rotatable bonds is 4. The molecule has 7 nitrogen and oxygen atoms in total. The maximum absolute atomic E-state index is 13.7. The molecule has 0 aliphatic heterocycles. The molecule has 2 aromatic heterocycles. The second-order valence-corrected chi connectivity index (χ2v) is 6.85. The Morgan fingerprint density at radius 1 is 1.16 bits per heavy atom. The van der Waals surface area contributed by atoms with Crippen molar-refractivity contribution in [2.75, 3.05) is 4.72 Å². The lowest BCUT2D eigenvalue weighted by Gasteiger charge is -2.09. The lowest BCUT2D eigenvalue weighted by atomic mass is 10.3. The van der Waals surface area contributed by atoms with Crippen molar-refractivity contribution in [3.05, 3.63) is 70.3 Å². The Hall–Kier alpha value is -3.01. The number of aromatic amines is 1. The van der Waals surface area contributed by atoms with Gasteiger partial charge in [-0.05, 0) is 31.2 Å². The number of hydrogen-bond donors (Lipinski definition) is 2. The predicted octanol–water partition coefficient (Wildman–Crippen LogP) is 1.95. The highest BCUT2D eigenvalue weighted by Crippen LogP contribution is 2.19. The molecule has 0 fully saturated rings. The molecule has 0 amide bonds. The van der Waals surface area contributed by atoms with Crippen molar-refractivity contribution in [2.24, 2.45) is 0 Å². The van der Waals surface area contributed by atoms with Crippen LogP contribution in [0.2, 0.25) is 0 Å². The summed E-state index contributed by atoms with van der Waals surface area (Å²) >= 11 is 0. The third-order valence-electron chi connectivity index (χ3n) is 3.26. The molecule has 10 heteroatoms. The molecule has 0 aliphatic carbocycles. The third-order valence-corrected chi connectivity index (χ3v) is 4.68. The quantitative estimate of drug-likeness (QED) is 0.738. The highest BCUT2D eigenvalue weighted by Gasteiger charge is 2.20. The largest absolute Gasteiger partial charge is 0.294 e. The fraction of sp³-hybridized carbons (Fsp3) is 0.0667. The smallest absolute Gasteiger partial charge is 0.272 e. The van der Waals surface area contributed by atoms with Crippen molar-refractivity contribution in [3.8, 4) is 5.82 Å². The van der Waals surface area contributed by atoms with Gasteiger partial charge in [-0.15, -0.1) is 0 Å². The van der Waals surface area contributed by atoms with E-state index in [2.05, 4.69) is 14.8 Å². The number of aryl methyl sites for hydroxylation is 1. The van der Waals surface area contributed by atoms with Crippen molar-refractivity contribution in [1.82, 2.24) is 14.8 Å². The maximum atomic E-state index is 13.7. The van der Waals surface area contributed by atoms with Crippen molar-refractivity contribution < 1.29 is 17.2 Å². The summed E-state index contributed by atoms with van der Waals surface area (Å²) in [5.74, 6) is -1.83. The van der Waals surface area contributed by atoms with Gasteiger partial charge in [-0.3, -0.25) is 14.6 Å². The van der Waals surface area contributed by atoms with Crippen molar-refractivity contribution in [2.45, 2.75) is 11.8 Å². The van der Waals surface area contributed by atoms with Crippen LogP contribution in [0, 0.1) is 18.6 Å². The average Bonchev–Trinajstić information content (AvgIpc) is 2.86. The Labute approximate surface area is 141 Å². The topological polar surface area (TPSA) is 96.8 Å². The van der Waals surface area contributed by atoms with E-state index in [0.717, 1.165) is 12.1 Å². The SMILES string of the molecule is Cc1cc(=O)n(-c2ccc(NS(=O)(=O)c3ccc(F)cc3F)cn2)[nH]1. The summed E-state index contributed by atoms with van der Waals surface area (Å²) in [6.07, 6.45) is 1.18. The van der Waals surface area contributed by atoms with Gasteiger partial charge >= 0.3 is 0 Å². The van der Waals surface area contributed by atoms with Gasteiger partial charge in [0.2, 0.25) is 0 Å². The molecule has 0 spiro atoms. The predicted molar refractivity (Wildman–Crippen MR) is 86.1 cm³/mol. The first-order chi connectivity index (χ1) is 11.8. The zero-order chi connectivity index (χ0) is 18.2. The standard InChI is InChI=1S/C15H12F2N4O3S/c1-9-6-15(22)21(19-9)14-5-3-11(8-18-14)20-25(23,24)13-4-2-10(16)7-12(13)17/h2-8,19-20H,1H3. The number of benzene rings is 1. The molecule has 2 N–H and O–H groups in total. The van der Waals surface area contributed by atoms with Crippen LogP contribution in [0.3, 0.4) is 0 Å². The highest BCUT2D eigenvalue weighted by molar-refractivity contribution is 7.92. The molecule has 0 saturated carbocycles. The van der Waals surface area contributed by atoms with E-state index in [1.54, 1.807) is 6.92 Å². The Morgan fingerprint density at radius 2 is 1.92 bits per heavy atom. The molecule has 25 heavy (non-hydrogen) atoms. The number of hydrogen-bond acceptors (Lipinski definition) is 4. The van der Waals surface area contributed by atoms with Crippen LogP contribution in [-0.2, 0) is 10.0 Å². The number of nitrogens with zero attached hydrogens (tertiary/aromatic N) is 2. The second-order valence-electron chi connectivity index (χ2n) is 5.20. The number of sulfonamides is 1. The minimum absolute atomic E-state index is 0.0591.